The fourth-order valence-electron chi connectivity index (χ4n) is 3.23. The van der Waals surface area contributed by atoms with Crippen LogP contribution in [0.5, 0.6) is 17.2 Å². The number of benzene rings is 3. The Morgan fingerprint density at radius 2 is 1.69 bits per heavy atom. The highest BCUT2D eigenvalue weighted by atomic mass is 16.6. The first-order valence-electron chi connectivity index (χ1n) is 9.67. The summed E-state index contributed by atoms with van der Waals surface area (Å²) >= 11 is 0. The van der Waals surface area contributed by atoms with Gasteiger partial charge in [-0.15, -0.1) is 0 Å². The lowest BCUT2D eigenvalue weighted by Gasteiger charge is -2.21. The van der Waals surface area contributed by atoms with E-state index in [1.54, 1.807) is 0 Å². The van der Waals surface area contributed by atoms with Crippen LogP contribution in [0.3, 0.4) is 0 Å². The maximum Gasteiger partial charge on any atom is 0.252 e. The highest BCUT2D eigenvalue weighted by molar-refractivity contribution is 5.95. The first-order valence-corrected chi connectivity index (χ1v) is 9.67. The third-order valence-corrected chi connectivity index (χ3v) is 4.81. The molecular formula is C24H23NO4. The predicted octanol–water partition coefficient (Wildman–Crippen LogP) is 4.53. The van der Waals surface area contributed by atoms with Gasteiger partial charge in [-0.3, -0.25) is 4.79 Å². The molecule has 1 aliphatic heterocycles. The van der Waals surface area contributed by atoms with E-state index in [0.717, 1.165) is 22.6 Å². The zero-order valence-electron chi connectivity index (χ0n) is 16.3. The molecule has 5 nitrogen and oxygen atoms in total. The normalized spacial score (nSPS) is 13.4. The molecule has 3 aromatic carbocycles. The number of amides is 1. The van der Waals surface area contributed by atoms with E-state index in [4.69, 9.17) is 14.2 Å². The van der Waals surface area contributed by atoms with E-state index in [1.807, 2.05) is 79.7 Å². The monoisotopic (exact) mass is 389 g/mol. The number of rotatable bonds is 6. The molecule has 0 fully saturated rings. The van der Waals surface area contributed by atoms with Gasteiger partial charge in [0.15, 0.2) is 11.5 Å². The van der Waals surface area contributed by atoms with E-state index in [2.05, 4.69) is 5.32 Å². The molecule has 1 heterocycles. The third-order valence-electron chi connectivity index (χ3n) is 4.81. The average Bonchev–Trinajstić information content (AvgIpc) is 2.78. The fourth-order valence-corrected chi connectivity index (χ4v) is 3.23. The SMILES string of the molecule is CC(NC(=O)c1ccccc1COc1ccccc1)c1ccc2c(c1)OCCO2. The van der Waals surface area contributed by atoms with Gasteiger partial charge in [0.05, 0.1) is 6.04 Å². The summed E-state index contributed by atoms with van der Waals surface area (Å²) in [6, 6.07) is 22.6. The Morgan fingerprint density at radius 3 is 2.52 bits per heavy atom. The Balaban J connectivity index is 1.45. The van der Waals surface area contributed by atoms with Gasteiger partial charge in [0.25, 0.3) is 5.91 Å². The molecule has 1 amide bonds. The molecule has 3 aromatic rings. The van der Waals surface area contributed by atoms with Gasteiger partial charge in [-0.2, -0.15) is 0 Å². The molecule has 148 valence electrons. The summed E-state index contributed by atoms with van der Waals surface area (Å²) in [5, 5.41) is 3.07. The van der Waals surface area contributed by atoms with E-state index >= 15 is 0 Å². The lowest BCUT2D eigenvalue weighted by atomic mass is 10.0. The molecule has 1 atom stereocenters. The van der Waals surface area contributed by atoms with E-state index in [1.165, 1.54) is 0 Å². The molecule has 4 rings (SSSR count). The topological polar surface area (TPSA) is 56.8 Å². The molecule has 0 aliphatic carbocycles. The summed E-state index contributed by atoms with van der Waals surface area (Å²) in [6.07, 6.45) is 0. The van der Waals surface area contributed by atoms with Gasteiger partial charge in [0.2, 0.25) is 0 Å². The highest BCUT2D eigenvalue weighted by Crippen LogP contribution is 2.32. The molecule has 5 heteroatoms. The fraction of sp³-hybridized carbons (Fsp3) is 0.208. The number of hydrogen-bond donors (Lipinski definition) is 1. The minimum Gasteiger partial charge on any atom is -0.489 e. The zero-order valence-corrected chi connectivity index (χ0v) is 16.3. The smallest absolute Gasteiger partial charge is 0.252 e. The van der Waals surface area contributed by atoms with Gasteiger partial charge in [0, 0.05) is 11.1 Å². The molecule has 1 aliphatic rings. The van der Waals surface area contributed by atoms with Crippen molar-refractivity contribution < 1.29 is 19.0 Å². The molecule has 0 spiro atoms. The van der Waals surface area contributed by atoms with Crippen molar-refractivity contribution >= 4 is 5.91 Å². The van der Waals surface area contributed by atoms with Crippen molar-refractivity contribution in [1.82, 2.24) is 5.32 Å². The second kappa shape index (κ2) is 8.69. The van der Waals surface area contributed by atoms with Crippen molar-refractivity contribution in [3.8, 4) is 17.2 Å². The minimum absolute atomic E-state index is 0.139. The molecule has 0 bridgehead atoms. The van der Waals surface area contributed by atoms with Gasteiger partial charge in [-0.1, -0.05) is 42.5 Å². The number of fused-ring (bicyclic) bond motifs is 1. The standard InChI is InChI=1S/C24H23NO4/c1-17(18-11-12-22-23(15-18)28-14-13-27-22)25-24(26)21-10-6-5-7-19(21)16-29-20-8-3-2-4-9-20/h2-12,15,17H,13-14,16H2,1H3,(H,25,26). The first-order chi connectivity index (χ1) is 14.2. The maximum absolute atomic E-state index is 12.9. The number of nitrogens with one attached hydrogen (secondary N) is 1. The van der Waals surface area contributed by atoms with Crippen LogP contribution in [0.2, 0.25) is 0 Å². The molecular weight excluding hydrogens is 366 g/mol. The summed E-state index contributed by atoms with van der Waals surface area (Å²) < 4.78 is 17.0. The van der Waals surface area contributed by atoms with Crippen LogP contribution in [0.1, 0.15) is 34.5 Å². The first kappa shape index (κ1) is 18.9. The van der Waals surface area contributed by atoms with Gasteiger partial charge in [0.1, 0.15) is 25.6 Å². The maximum atomic E-state index is 12.9. The van der Waals surface area contributed by atoms with Gasteiger partial charge < -0.3 is 19.5 Å². The summed E-state index contributed by atoms with van der Waals surface area (Å²) in [6.45, 7) is 3.37. The average molecular weight is 389 g/mol. The summed E-state index contributed by atoms with van der Waals surface area (Å²) in [5.41, 5.74) is 2.40. The van der Waals surface area contributed by atoms with Crippen LogP contribution in [0.25, 0.3) is 0 Å². The van der Waals surface area contributed by atoms with Gasteiger partial charge >= 0.3 is 0 Å². The van der Waals surface area contributed by atoms with E-state index in [0.29, 0.717) is 31.1 Å². The second-order valence-electron chi connectivity index (χ2n) is 6.86. The third kappa shape index (κ3) is 4.51. The van der Waals surface area contributed by atoms with Crippen LogP contribution >= 0.6 is 0 Å². The van der Waals surface area contributed by atoms with Crippen molar-refractivity contribution in [2.75, 3.05) is 13.2 Å². The summed E-state index contributed by atoms with van der Waals surface area (Å²) in [5.74, 6) is 2.08. The second-order valence-corrected chi connectivity index (χ2v) is 6.86. The quantitative estimate of drug-likeness (QED) is 0.673. The van der Waals surface area contributed by atoms with Crippen LogP contribution in [-0.4, -0.2) is 19.1 Å². The van der Waals surface area contributed by atoms with Crippen molar-refractivity contribution in [3.63, 3.8) is 0 Å². The number of carbonyl (C=O) groups excluding carboxylic acids is 1. The number of ether oxygens (including phenoxy) is 3. The van der Waals surface area contributed by atoms with Crippen LogP contribution in [0, 0.1) is 0 Å². The number of hydrogen-bond acceptors (Lipinski definition) is 4. The lowest BCUT2D eigenvalue weighted by molar-refractivity contribution is 0.0937. The molecule has 0 saturated heterocycles. The van der Waals surface area contributed by atoms with Crippen LogP contribution < -0.4 is 19.5 Å². The number of para-hydroxylation sites is 1. The zero-order chi connectivity index (χ0) is 20.1. The lowest BCUT2D eigenvalue weighted by Crippen LogP contribution is -2.28. The Hall–Kier alpha value is -3.47. The van der Waals surface area contributed by atoms with Crippen LogP contribution in [0.4, 0.5) is 0 Å². The molecule has 29 heavy (non-hydrogen) atoms. The Kier molecular flexibility index (Phi) is 5.66. The minimum atomic E-state index is -0.179. The molecule has 0 aromatic heterocycles. The van der Waals surface area contributed by atoms with E-state index in [-0.39, 0.29) is 11.9 Å². The van der Waals surface area contributed by atoms with Crippen molar-refractivity contribution in [3.05, 3.63) is 89.5 Å². The highest BCUT2D eigenvalue weighted by Gasteiger charge is 2.18. The Morgan fingerprint density at radius 1 is 0.966 bits per heavy atom. The van der Waals surface area contributed by atoms with Crippen LogP contribution in [0.15, 0.2) is 72.8 Å². The summed E-state index contributed by atoms with van der Waals surface area (Å²) in [7, 11) is 0. The largest absolute Gasteiger partial charge is 0.489 e. The molecule has 1 unspecified atom stereocenters. The van der Waals surface area contributed by atoms with Crippen molar-refractivity contribution in [2.24, 2.45) is 0 Å². The van der Waals surface area contributed by atoms with Gasteiger partial charge in [-0.25, -0.2) is 0 Å². The summed E-state index contributed by atoms with van der Waals surface area (Å²) in [4.78, 5) is 12.9. The molecule has 1 N–H and O–H groups in total. The van der Waals surface area contributed by atoms with Gasteiger partial charge in [-0.05, 0) is 42.8 Å². The Bertz CT molecular complexity index is 987. The van der Waals surface area contributed by atoms with E-state index < -0.39 is 0 Å². The molecule has 0 radical (unpaired) electrons. The van der Waals surface area contributed by atoms with E-state index in [9.17, 15) is 4.79 Å². The number of carbonyl (C=O) groups is 1. The molecule has 0 saturated carbocycles. The van der Waals surface area contributed by atoms with Crippen molar-refractivity contribution in [1.29, 1.82) is 0 Å². The predicted molar refractivity (Wildman–Crippen MR) is 111 cm³/mol. The Labute approximate surface area is 170 Å². The van der Waals surface area contributed by atoms with Crippen molar-refractivity contribution in [2.45, 2.75) is 19.6 Å². The van der Waals surface area contributed by atoms with Crippen LogP contribution in [-0.2, 0) is 6.61 Å².